The molecule has 0 aliphatic carbocycles. The molecule has 7 nitrogen and oxygen atoms in total. The van der Waals surface area contributed by atoms with Gasteiger partial charge < -0.3 is 4.90 Å². The molecule has 158 valence electrons. The predicted molar refractivity (Wildman–Crippen MR) is 120 cm³/mol. The highest BCUT2D eigenvalue weighted by molar-refractivity contribution is 7.09. The van der Waals surface area contributed by atoms with E-state index in [0.29, 0.717) is 30.6 Å². The van der Waals surface area contributed by atoms with Gasteiger partial charge in [-0.3, -0.25) is 9.59 Å². The standard InChI is InChI=1S/C23H23N5O2S/c1-4-17-18(11-24)23(30)28(26-19(17)5-2)12-22(29)27-9-8-16-10-15(6-7-21(16)27)20-13-31-14(3)25-20/h6-7,10,13H,4-5,8-9,12H2,1-3H3. The van der Waals surface area contributed by atoms with E-state index in [1.54, 1.807) is 16.2 Å². The van der Waals surface area contributed by atoms with E-state index in [9.17, 15) is 14.9 Å². The van der Waals surface area contributed by atoms with Crippen LogP contribution in [0.4, 0.5) is 5.69 Å². The maximum atomic E-state index is 13.1. The first kappa shape index (κ1) is 20.9. The van der Waals surface area contributed by atoms with E-state index in [2.05, 4.69) is 16.1 Å². The minimum atomic E-state index is -0.501. The van der Waals surface area contributed by atoms with Crippen LogP contribution in [-0.4, -0.2) is 27.2 Å². The Morgan fingerprint density at radius 2 is 2.10 bits per heavy atom. The molecule has 0 unspecified atom stereocenters. The number of aryl methyl sites for hydroxylation is 2. The number of hydrogen-bond donors (Lipinski definition) is 0. The van der Waals surface area contributed by atoms with Crippen LogP contribution in [0.3, 0.4) is 0 Å². The number of thiazole rings is 1. The zero-order chi connectivity index (χ0) is 22.1. The van der Waals surface area contributed by atoms with Crippen LogP contribution in [0.5, 0.6) is 0 Å². The van der Waals surface area contributed by atoms with Crippen molar-refractivity contribution in [1.82, 2.24) is 14.8 Å². The number of rotatable bonds is 5. The third-order valence-corrected chi connectivity index (χ3v) is 6.39. The average molecular weight is 434 g/mol. The summed E-state index contributed by atoms with van der Waals surface area (Å²) in [4.78, 5) is 32.1. The summed E-state index contributed by atoms with van der Waals surface area (Å²) < 4.78 is 1.14. The van der Waals surface area contributed by atoms with Gasteiger partial charge in [0, 0.05) is 23.2 Å². The van der Waals surface area contributed by atoms with Crippen LogP contribution in [0.15, 0.2) is 28.4 Å². The fraction of sp³-hybridized carbons (Fsp3) is 0.348. The maximum Gasteiger partial charge on any atom is 0.285 e. The van der Waals surface area contributed by atoms with Crippen molar-refractivity contribution in [3.05, 3.63) is 61.3 Å². The Bertz CT molecular complexity index is 1270. The molecule has 1 aromatic carbocycles. The van der Waals surface area contributed by atoms with Crippen LogP contribution in [-0.2, 0) is 30.6 Å². The molecule has 1 amide bonds. The van der Waals surface area contributed by atoms with Gasteiger partial charge in [0.1, 0.15) is 18.2 Å². The van der Waals surface area contributed by atoms with Gasteiger partial charge in [-0.05, 0) is 49.4 Å². The van der Waals surface area contributed by atoms with Gasteiger partial charge in [0.05, 0.1) is 16.4 Å². The third-order valence-electron chi connectivity index (χ3n) is 5.62. The number of fused-ring (bicyclic) bond motifs is 1. The minimum Gasteiger partial charge on any atom is -0.310 e. The summed E-state index contributed by atoms with van der Waals surface area (Å²) in [7, 11) is 0. The molecule has 1 aliphatic rings. The van der Waals surface area contributed by atoms with Gasteiger partial charge in [0.15, 0.2) is 0 Å². The Labute approximate surface area is 184 Å². The van der Waals surface area contributed by atoms with E-state index in [4.69, 9.17) is 0 Å². The molecule has 0 N–H and O–H groups in total. The van der Waals surface area contributed by atoms with Crippen molar-refractivity contribution in [1.29, 1.82) is 5.26 Å². The second-order valence-corrected chi connectivity index (χ2v) is 8.53. The quantitative estimate of drug-likeness (QED) is 0.616. The van der Waals surface area contributed by atoms with Crippen LogP contribution in [0.25, 0.3) is 11.3 Å². The predicted octanol–water partition coefficient (Wildman–Crippen LogP) is 3.26. The van der Waals surface area contributed by atoms with Gasteiger partial charge in [0.2, 0.25) is 5.91 Å². The first-order chi connectivity index (χ1) is 15.0. The monoisotopic (exact) mass is 433 g/mol. The van der Waals surface area contributed by atoms with Crippen molar-refractivity contribution >= 4 is 22.9 Å². The molecule has 1 aliphatic heterocycles. The zero-order valence-corrected chi connectivity index (χ0v) is 18.6. The third kappa shape index (κ3) is 3.77. The number of nitriles is 1. The highest BCUT2D eigenvalue weighted by Gasteiger charge is 2.26. The smallest absolute Gasteiger partial charge is 0.285 e. The van der Waals surface area contributed by atoms with Crippen molar-refractivity contribution in [2.75, 3.05) is 11.4 Å². The molecular formula is C23H23N5O2S. The van der Waals surface area contributed by atoms with Crippen molar-refractivity contribution in [2.24, 2.45) is 0 Å². The van der Waals surface area contributed by atoms with E-state index in [0.717, 1.165) is 38.6 Å². The fourth-order valence-corrected chi connectivity index (χ4v) is 4.69. The molecule has 0 spiro atoms. The highest BCUT2D eigenvalue weighted by Crippen LogP contribution is 2.32. The van der Waals surface area contributed by atoms with Gasteiger partial charge in [-0.25, -0.2) is 9.67 Å². The second kappa shape index (κ2) is 8.44. The SMILES string of the molecule is CCc1nn(CC(=O)N2CCc3cc(-c4csc(C)n4)ccc32)c(=O)c(C#N)c1CC. The molecule has 31 heavy (non-hydrogen) atoms. The lowest BCUT2D eigenvalue weighted by Gasteiger charge is -2.19. The molecule has 3 heterocycles. The normalized spacial score (nSPS) is 12.6. The molecular weight excluding hydrogens is 410 g/mol. The summed E-state index contributed by atoms with van der Waals surface area (Å²) in [5, 5.41) is 16.9. The number of carbonyl (C=O) groups excluding carboxylic acids is 1. The van der Waals surface area contributed by atoms with Crippen LogP contribution in [0, 0.1) is 18.3 Å². The first-order valence-corrected chi connectivity index (χ1v) is 11.2. The fourth-order valence-electron chi connectivity index (χ4n) is 4.07. The number of carbonyl (C=O) groups is 1. The lowest BCUT2D eigenvalue weighted by Crippen LogP contribution is -2.38. The van der Waals surface area contributed by atoms with Crippen LogP contribution >= 0.6 is 11.3 Å². The molecule has 0 fully saturated rings. The molecule has 0 atom stereocenters. The topological polar surface area (TPSA) is 91.9 Å². The summed E-state index contributed by atoms with van der Waals surface area (Å²) in [6.45, 7) is 6.18. The molecule has 0 radical (unpaired) electrons. The number of nitrogens with zero attached hydrogens (tertiary/aromatic N) is 5. The van der Waals surface area contributed by atoms with Gasteiger partial charge in [0.25, 0.3) is 5.56 Å². The average Bonchev–Trinajstić information content (AvgIpc) is 3.40. The van der Waals surface area contributed by atoms with Gasteiger partial charge in [-0.15, -0.1) is 11.3 Å². The molecule has 2 aromatic heterocycles. The zero-order valence-electron chi connectivity index (χ0n) is 17.8. The number of benzene rings is 1. The minimum absolute atomic E-state index is 0.0900. The van der Waals surface area contributed by atoms with Crippen molar-refractivity contribution < 1.29 is 4.79 Å². The lowest BCUT2D eigenvalue weighted by atomic mass is 10.0. The van der Waals surface area contributed by atoms with Crippen LogP contribution in [0.2, 0.25) is 0 Å². The van der Waals surface area contributed by atoms with Crippen molar-refractivity contribution in [3.63, 3.8) is 0 Å². The van der Waals surface area contributed by atoms with Crippen molar-refractivity contribution in [3.8, 4) is 17.3 Å². The number of aromatic nitrogens is 3. The van der Waals surface area contributed by atoms with Gasteiger partial charge in [-0.2, -0.15) is 10.4 Å². The number of anilines is 1. The summed E-state index contributed by atoms with van der Waals surface area (Å²) in [6, 6.07) is 8.01. The van der Waals surface area contributed by atoms with E-state index < -0.39 is 5.56 Å². The largest absolute Gasteiger partial charge is 0.310 e. The highest BCUT2D eigenvalue weighted by atomic mass is 32.1. The molecule has 0 bridgehead atoms. The summed E-state index contributed by atoms with van der Waals surface area (Å²) in [6.07, 6.45) is 1.90. The molecule has 3 aromatic rings. The molecule has 8 heteroatoms. The van der Waals surface area contributed by atoms with Gasteiger partial charge >= 0.3 is 0 Å². The van der Waals surface area contributed by atoms with Gasteiger partial charge in [-0.1, -0.05) is 19.9 Å². The Balaban J connectivity index is 1.62. The number of amides is 1. The van der Waals surface area contributed by atoms with Crippen molar-refractivity contribution in [2.45, 2.75) is 46.6 Å². The van der Waals surface area contributed by atoms with E-state index in [1.807, 2.05) is 44.4 Å². The van der Waals surface area contributed by atoms with Crippen LogP contribution in [0.1, 0.15) is 41.2 Å². The Kier molecular flexibility index (Phi) is 5.70. The summed E-state index contributed by atoms with van der Waals surface area (Å²) in [5.41, 5.74) is 4.88. The lowest BCUT2D eigenvalue weighted by molar-refractivity contribution is -0.119. The Hall–Kier alpha value is -3.31. The molecule has 0 saturated carbocycles. The molecule has 4 rings (SSSR count). The van der Waals surface area contributed by atoms with E-state index in [-0.39, 0.29) is 18.0 Å². The van der Waals surface area contributed by atoms with E-state index >= 15 is 0 Å². The first-order valence-electron chi connectivity index (χ1n) is 10.4. The summed E-state index contributed by atoms with van der Waals surface area (Å²) in [5.74, 6) is -0.208. The maximum absolute atomic E-state index is 13.1. The second-order valence-electron chi connectivity index (χ2n) is 7.47. The molecule has 0 saturated heterocycles. The Morgan fingerprint density at radius 1 is 1.29 bits per heavy atom. The van der Waals surface area contributed by atoms with Crippen LogP contribution < -0.4 is 10.5 Å². The summed E-state index contributed by atoms with van der Waals surface area (Å²) >= 11 is 1.61. The van der Waals surface area contributed by atoms with E-state index in [1.165, 1.54) is 0 Å². The Morgan fingerprint density at radius 3 is 2.74 bits per heavy atom. The number of hydrogen-bond acceptors (Lipinski definition) is 6.